The maximum Gasteiger partial charge on any atom is 0.330 e. The van der Waals surface area contributed by atoms with Crippen molar-refractivity contribution in [1.82, 2.24) is 9.62 Å². The van der Waals surface area contributed by atoms with Gasteiger partial charge in [0.2, 0.25) is 5.09 Å². The number of aliphatic carboxylic acids is 1. The Morgan fingerprint density at radius 1 is 1.41 bits per heavy atom. The van der Waals surface area contributed by atoms with Crippen molar-refractivity contribution in [1.29, 1.82) is 0 Å². The van der Waals surface area contributed by atoms with Gasteiger partial charge >= 0.3 is 5.97 Å². The molecule has 0 spiro atoms. The van der Waals surface area contributed by atoms with E-state index in [1.165, 1.54) is 38.0 Å². The summed E-state index contributed by atoms with van der Waals surface area (Å²) >= 11 is 1.43. The van der Waals surface area contributed by atoms with E-state index in [0.717, 1.165) is 4.31 Å². The van der Waals surface area contributed by atoms with Crippen LogP contribution in [0.4, 0.5) is 0 Å². The smallest absolute Gasteiger partial charge is 0.330 e. The van der Waals surface area contributed by atoms with Crippen molar-refractivity contribution in [3.05, 3.63) is 17.9 Å². The van der Waals surface area contributed by atoms with Gasteiger partial charge in [-0.05, 0) is 24.3 Å². The normalized spacial score (nSPS) is 22.0. The van der Waals surface area contributed by atoms with Crippen LogP contribution in [0.3, 0.4) is 0 Å². The molecule has 2 rings (SSSR count). The molecule has 2 heterocycles. The van der Waals surface area contributed by atoms with E-state index in [1.54, 1.807) is 0 Å². The number of amides is 1. The van der Waals surface area contributed by atoms with Gasteiger partial charge in [-0.2, -0.15) is 11.8 Å². The molecule has 0 radical (unpaired) electrons. The Hall–Kier alpha value is -1.52. The molecular formula is C12H16N2O6S2. The van der Waals surface area contributed by atoms with Gasteiger partial charge in [0.05, 0.1) is 0 Å². The zero-order valence-electron chi connectivity index (χ0n) is 12.0. The summed E-state index contributed by atoms with van der Waals surface area (Å²) in [7, 11) is -1.10. The van der Waals surface area contributed by atoms with Gasteiger partial charge in [0.25, 0.3) is 15.9 Å². The number of sulfonamides is 1. The van der Waals surface area contributed by atoms with Gasteiger partial charge in [0.1, 0.15) is 5.54 Å². The number of thioether (sulfide) groups is 1. The second-order valence-electron chi connectivity index (χ2n) is 5.05. The van der Waals surface area contributed by atoms with Crippen LogP contribution in [0.2, 0.25) is 0 Å². The third kappa shape index (κ3) is 2.99. The first-order chi connectivity index (χ1) is 10.2. The van der Waals surface area contributed by atoms with E-state index in [1.807, 2.05) is 0 Å². The highest BCUT2D eigenvalue weighted by molar-refractivity contribution is 7.99. The first-order valence-electron chi connectivity index (χ1n) is 6.35. The number of carboxylic acids is 1. The molecule has 22 heavy (non-hydrogen) atoms. The van der Waals surface area contributed by atoms with Crippen LogP contribution in [0.1, 0.15) is 17.0 Å². The van der Waals surface area contributed by atoms with E-state index in [-0.39, 0.29) is 16.6 Å². The fourth-order valence-corrected chi connectivity index (χ4v) is 4.05. The van der Waals surface area contributed by atoms with E-state index in [9.17, 15) is 23.1 Å². The molecule has 1 fully saturated rings. The van der Waals surface area contributed by atoms with Gasteiger partial charge in [-0.1, -0.05) is 0 Å². The van der Waals surface area contributed by atoms with Gasteiger partial charge in [-0.3, -0.25) is 4.79 Å². The minimum atomic E-state index is -3.78. The van der Waals surface area contributed by atoms with Gasteiger partial charge < -0.3 is 14.8 Å². The second-order valence-corrected chi connectivity index (χ2v) is 8.24. The van der Waals surface area contributed by atoms with Crippen molar-refractivity contribution in [3.8, 4) is 0 Å². The fraction of sp³-hybridized carbons (Fsp3) is 0.500. The molecule has 1 aliphatic heterocycles. The highest BCUT2D eigenvalue weighted by atomic mass is 32.2. The van der Waals surface area contributed by atoms with Crippen LogP contribution in [0.15, 0.2) is 21.6 Å². The lowest BCUT2D eigenvalue weighted by Crippen LogP contribution is -2.54. The monoisotopic (exact) mass is 348 g/mol. The van der Waals surface area contributed by atoms with Gasteiger partial charge in [-0.15, -0.1) is 0 Å². The molecule has 0 saturated carbocycles. The minimum Gasteiger partial charge on any atom is -0.479 e. The number of nitrogens with one attached hydrogen (secondary N) is 1. The van der Waals surface area contributed by atoms with E-state index >= 15 is 0 Å². The molecule has 0 aliphatic carbocycles. The van der Waals surface area contributed by atoms with Crippen molar-refractivity contribution < 1.29 is 27.5 Å². The lowest BCUT2D eigenvalue weighted by molar-refractivity contribution is -0.143. The number of hydrogen-bond donors (Lipinski definition) is 2. The SMILES string of the molecule is CN(C)S(=O)(=O)c1ccc(C(=O)NC2(C(=O)O)CCSC2)o1. The van der Waals surface area contributed by atoms with Crippen molar-refractivity contribution in [3.63, 3.8) is 0 Å². The molecule has 1 aromatic heterocycles. The van der Waals surface area contributed by atoms with Gasteiger partial charge in [0, 0.05) is 19.8 Å². The maximum atomic E-state index is 12.1. The van der Waals surface area contributed by atoms with E-state index < -0.39 is 27.4 Å². The van der Waals surface area contributed by atoms with Crippen molar-refractivity contribution in [2.45, 2.75) is 17.1 Å². The molecule has 1 saturated heterocycles. The van der Waals surface area contributed by atoms with Crippen LogP contribution in [0.5, 0.6) is 0 Å². The third-order valence-corrected chi connectivity index (χ3v) is 6.20. The molecule has 0 aromatic carbocycles. The zero-order chi connectivity index (χ0) is 16.5. The summed E-state index contributed by atoms with van der Waals surface area (Å²) in [5, 5.41) is 11.4. The Labute approximate surface area is 131 Å². The van der Waals surface area contributed by atoms with Crippen LogP contribution in [-0.2, 0) is 14.8 Å². The number of carbonyl (C=O) groups is 2. The average Bonchev–Trinajstić information content (AvgIpc) is 3.07. The molecule has 1 amide bonds. The number of carboxylic acid groups (broad SMARTS) is 1. The second kappa shape index (κ2) is 5.94. The minimum absolute atomic E-state index is 0.238. The van der Waals surface area contributed by atoms with Crippen molar-refractivity contribution in [2.75, 3.05) is 25.6 Å². The average molecular weight is 348 g/mol. The van der Waals surface area contributed by atoms with Gasteiger partial charge in [0.15, 0.2) is 5.76 Å². The topological polar surface area (TPSA) is 117 Å². The molecule has 0 bridgehead atoms. The summed E-state index contributed by atoms with van der Waals surface area (Å²) in [4.78, 5) is 23.5. The summed E-state index contributed by atoms with van der Waals surface area (Å²) < 4.78 is 29.8. The molecule has 10 heteroatoms. The molecule has 8 nitrogen and oxygen atoms in total. The molecule has 2 N–H and O–H groups in total. The first kappa shape index (κ1) is 16.8. The maximum absolute atomic E-state index is 12.1. The Balaban J connectivity index is 2.21. The fourth-order valence-electron chi connectivity index (χ4n) is 1.93. The standard InChI is InChI=1S/C12H16N2O6S2/c1-14(2)22(18,19)9-4-3-8(20-9)10(15)13-12(11(16)17)5-6-21-7-12/h3-4H,5-7H2,1-2H3,(H,13,15)(H,16,17). The Morgan fingerprint density at radius 2 is 2.09 bits per heavy atom. The summed E-state index contributed by atoms with van der Waals surface area (Å²) in [6.45, 7) is 0. The van der Waals surface area contributed by atoms with Crippen LogP contribution in [0.25, 0.3) is 0 Å². The van der Waals surface area contributed by atoms with Crippen molar-refractivity contribution >= 4 is 33.7 Å². The number of rotatable bonds is 5. The largest absolute Gasteiger partial charge is 0.479 e. The summed E-state index contributed by atoms with van der Waals surface area (Å²) in [6, 6.07) is 2.38. The number of carbonyl (C=O) groups excluding carboxylic acids is 1. The predicted octanol–water partition coefficient (Wildman–Crippen LogP) is 0.220. The van der Waals surface area contributed by atoms with E-state index in [2.05, 4.69) is 5.32 Å². The lowest BCUT2D eigenvalue weighted by Gasteiger charge is -2.23. The summed E-state index contributed by atoms with van der Waals surface area (Å²) in [6.07, 6.45) is 0.308. The van der Waals surface area contributed by atoms with Crippen molar-refractivity contribution in [2.24, 2.45) is 0 Å². The van der Waals surface area contributed by atoms with E-state index in [4.69, 9.17) is 4.42 Å². The lowest BCUT2D eigenvalue weighted by atomic mass is 9.99. The number of nitrogens with zero attached hydrogens (tertiary/aromatic N) is 1. The summed E-state index contributed by atoms with van der Waals surface area (Å²) in [5.74, 6) is -1.20. The van der Waals surface area contributed by atoms with Crippen LogP contribution in [0, 0.1) is 0 Å². The molecule has 1 aromatic rings. The molecule has 1 aliphatic rings. The highest BCUT2D eigenvalue weighted by Gasteiger charge is 2.44. The zero-order valence-corrected chi connectivity index (χ0v) is 13.7. The Bertz CT molecular complexity index is 688. The van der Waals surface area contributed by atoms with Crippen LogP contribution >= 0.6 is 11.8 Å². The van der Waals surface area contributed by atoms with Gasteiger partial charge in [-0.25, -0.2) is 17.5 Å². The highest BCUT2D eigenvalue weighted by Crippen LogP contribution is 2.29. The molecular weight excluding hydrogens is 332 g/mol. The third-order valence-electron chi connectivity index (χ3n) is 3.32. The quantitative estimate of drug-likeness (QED) is 0.781. The van der Waals surface area contributed by atoms with E-state index in [0.29, 0.717) is 12.2 Å². The molecule has 1 unspecified atom stereocenters. The first-order valence-corrected chi connectivity index (χ1v) is 8.94. The number of furan rings is 1. The van der Waals surface area contributed by atoms with Crippen LogP contribution in [-0.4, -0.2) is 60.8 Å². The summed E-state index contributed by atoms with van der Waals surface area (Å²) in [5.41, 5.74) is -1.34. The van der Waals surface area contributed by atoms with Crippen LogP contribution < -0.4 is 5.32 Å². The molecule has 1 atom stereocenters. The molecule has 122 valence electrons. The predicted molar refractivity (Wildman–Crippen MR) is 79.4 cm³/mol. The Kier molecular flexibility index (Phi) is 4.54. The number of hydrogen-bond acceptors (Lipinski definition) is 6. The Morgan fingerprint density at radius 3 is 2.59 bits per heavy atom.